The predicted octanol–water partition coefficient (Wildman–Crippen LogP) is 1.06. The molecule has 2 aliphatic rings. The molecule has 1 aromatic rings. The molecule has 2 aliphatic carbocycles. The van der Waals surface area contributed by atoms with E-state index in [9.17, 15) is 0 Å². The van der Waals surface area contributed by atoms with Crippen molar-refractivity contribution in [3.8, 4) is 0 Å². The van der Waals surface area contributed by atoms with Gasteiger partial charge in [-0.25, -0.2) is 9.97 Å². The van der Waals surface area contributed by atoms with Gasteiger partial charge in [-0.3, -0.25) is 0 Å². The summed E-state index contributed by atoms with van der Waals surface area (Å²) in [5, 5.41) is 0. The summed E-state index contributed by atoms with van der Waals surface area (Å²) in [6.07, 6.45) is 7.29. The van der Waals surface area contributed by atoms with Crippen molar-refractivity contribution in [2.45, 2.75) is 24.8 Å². The molecule has 3 nitrogen and oxygen atoms in total. The molecule has 1 aromatic heterocycles. The van der Waals surface area contributed by atoms with E-state index in [-0.39, 0.29) is 5.54 Å². The second-order valence-electron chi connectivity index (χ2n) is 4.17. The molecule has 13 heavy (non-hydrogen) atoms. The van der Waals surface area contributed by atoms with Crippen LogP contribution in [0.25, 0.3) is 0 Å². The Hall–Kier alpha value is -0.960. The molecular formula is C10H13N3. The lowest BCUT2D eigenvalue weighted by Crippen LogP contribution is -2.26. The molecular weight excluding hydrogens is 162 g/mol. The Morgan fingerprint density at radius 2 is 2.15 bits per heavy atom. The first-order chi connectivity index (χ1) is 6.33. The van der Waals surface area contributed by atoms with Gasteiger partial charge < -0.3 is 5.73 Å². The second-order valence-corrected chi connectivity index (χ2v) is 4.17. The van der Waals surface area contributed by atoms with Crippen molar-refractivity contribution in [1.29, 1.82) is 0 Å². The maximum absolute atomic E-state index is 6.33. The first kappa shape index (κ1) is 7.44. The average molecular weight is 175 g/mol. The first-order valence-electron chi connectivity index (χ1n) is 4.89. The number of fused-ring (bicyclic) bond motifs is 1. The van der Waals surface area contributed by atoms with Crippen LogP contribution in [0.1, 0.15) is 25.0 Å². The van der Waals surface area contributed by atoms with Crippen LogP contribution in [0.5, 0.6) is 0 Å². The molecule has 0 bridgehead atoms. The van der Waals surface area contributed by atoms with Gasteiger partial charge in [0.25, 0.3) is 0 Å². The van der Waals surface area contributed by atoms with Gasteiger partial charge in [-0.2, -0.15) is 0 Å². The minimum atomic E-state index is -0.0960. The number of hydrogen-bond donors (Lipinski definition) is 1. The van der Waals surface area contributed by atoms with Crippen LogP contribution in [0.3, 0.4) is 0 Å². The van der Waals surface area contributed by atoms with Gasteiger partial charge in [0.2, 0.25) is 0 Å². The standard InChI is InChI=1S/C10H13N3/c11-10(7-2-1-3-8(7)10)9-4-5-12-6-13-9/h4-8H,1-3,11H2. The van der Waals surface area contributed by atoms with Crippen molar-refractivity contribution in [3.63, 3.8) is 0 Å². The normalized spacial score (nSPS) is 41.6. The molecule has 0 aliphatic heterocycles. The molecule has 0 aromatic carbocycles. The first-order valence-corrected chi connectivity index (χ1v) is 4.89. The molecule has 1 heterocycles. The smallest absolute Gasteiger partial charge is 0.115 e. The van der Waals surface area contributed by atoms with E-state index in [1.54, 1.807) is 12.5 Å². The lowest BCUT2D eigenvalue weighted by atomic mass is 10.0. The summed E-state index contributed by atoms with van der Waals surface area (Å²) >= 11 is 0. The fourth-order valence-corrected chi connectivity index (χ4v) is 2.93. The Bertz CT molecular complexity index is 312. The van der Waals surface area contributed by atoms with E-state index in [0.717, 1.165) is 5.69 Å². The number of rotatable bonds is 1. The summed E-state index contributed by atoms with van der Waals surface area (Å²) in [4.78, 5) is 8.17. The maximum atomic E-state index is 6.33. The predicted molar refractivity (Wildman–Crippen MR) is 48.7 cm³/mol. The van der Waals surface area contributed by atoms with Gasteiger partial charge in [0.1, 0.15) is 6.33 Å². The zero-order valence-corrected chi connectivity index (χ0v) is 7.48. The zero-order chi connectivity index (χ0) is 8.89. The summed E-state index contributed by atoms with van der Waals surface area (Å²) in [6, 6.07) is 1.96. The summed E-state index contributed by atoms with van der Waals surface area (Å²) in [5.41, 5.74) is 7.27. The quantitative estimate of drug-likeness (QED) is 0.694. The Balaban J connectivity index is 1.95. The van der Waals surface area contributed by atoms with E-state index in [0.29, 0.717) is 11.8 Å². The van der Waals surface area contributed by atoms with E-state index in [1.807, 2.05) is 6.07 Å². The third-order valence-electron chi connectivity index (χ3n) is 3.66. The summed E-state index contributed by atoms with van der Waals surface area (Å²) < 4.78 is 0. The largest absolute Gasteiger partial charge is 0.320 e. The minimum Gasteiger partial charge on any atom is -0.320 e. The Labute approximate surface area is 77.4 Å². The van der Waals surface area contributed by atoms with Crippen molar-refractivity contribution in [3.05, 3.63) is 24.3 Å². The molecule has 0 spiro atoms. The fourth-order valence-electron chi connectivity index (χ4n) is 2.93. The molecule has 2 atom stereocenters. The topological polar surface area (TPSA) is 51.8 Å². The van der Waals surface area contributed by atoms with Crippen molar-refractivity contribution in [1.82, 2.24) is 9.97 Å². The highest BCUT2D eigenvalue weighted by molar-refractivity contribution is 5.29. The van der Waals surface area contributed by atoms with Crippen molar-refractivity contribution in [2.24, 2.45) is 17.6 Å². The summed E-state index contributed by atoms with van der Waals surface area (Å²) in [5.74, 6) is 1.39. The van der Waals surface area contributed by atoms with Gasteiger partial charge in [-0.15, -0.1) is 0 Å². The van der Waals surface area contributed by atoms with Gasteiger partial charge in [0.15, 0.2) is 0 Å². The highest BCUT2D eigenvalue weighted by Gasteiger charge is 2.65. The van der Waals surface area contributed by atoms with Gasteiger partial charge >= 0.3 is 0 Å². The molecule has 0 amide bonds. The average Bonchev–Trinajstić information content (AvgIpc) is 2.62. The molecule has 68 valence electrons. The van der Waals surface area contributed by atoms with Crippen LogP contribution in [-0.2, 0) is 5.54 Å². The van der Waals surface area contributed by atoms with E-state index >= 15 is 0 Å². The third kappa shape index (κ3) is 0.826. The van der Waals surface area contributed by atoms with Crippen LogP contribution in [0.15, 0.2) is 18.6 Å². The molecule has 0 saturated heterocycles. The van der Waals surface area contributed by atoms with Crippen LogP contribution in [0.2, 0.25) is 0 Å². The van der Waals surface area contributed by atoms with Crippen molar-refractivity contribution in [2.75, 3.05) is 0 Å². The van der Waals surface area contributed by atoms with Gasteiger partial charge in [-0.05, 0) is 30.7 Å². The van der Waals surface area contributed by atoms with E-state index in [1.165, 1.54) is 19.3 Å². The van der Waals surface area contributed by atoms with Crippen LogP contribution in [-0.4, -0.2) is 9.97 Å². The number of nitrogens with two attached hydrogens (primary N) is 1. The summed E-state index contributed by atoms with van der Waals surface area (Å²) in [6.45, 7) is 0. The zero-order valence-electron chi connectivity index (χ0n) is 7.48. The Morgan fingerprint density at radius 3 is 2.77 bits per heavy atom. The maximum Gasteiger partial charge on any atom is 0.115 e. The Kier molecular flexibility index (Phi) is 1.31. The molecule has 2 fully saturated rings. The molecule has 3 rings (SSSR count). The van der Waals surface area contributed by atoms with Crippen LogP contribution < -0.4 is 5.73 Å². The Morgan fingerprint density at radius 1 is 1.38 bits per heavy atom. The highest BCUT2D eigenvalue weighted by Crippen LogP contribution is 2.63. The summed E-state index contributed by atoms with van der Waals surface area (Å²) in [7, 11) is 0. The lowest BCUT2D eigenvalue weighted by Gasteiger charge is -2.13. The molecule has 0 radical (unpaired) electrons. The monoisotopic (exact) mass is 175 g/mol. The van der Waals surface area contributed by atoms with Crippen molar-refractivity contribution >= 4 is 0 Å². The molecule has 2 saturated carbocycles. The van der Waals surface area contributed by atoms with Crippen LogP contribution >= 0.6 is 0 Å². The second kappa shape index (κ2) is 2.29. The SMILES string of the molecule is NC1(c2ccncn2)C2CCCC21. The van der Waals surface area contributed by atoms with Gasteiger partial charge in [-0.1, -0.05) is 6.42 Å². The van der Waals surface area contributed by atoms with Gasteiger partial charge in [0, 0.05) is 6.20 Å². The van der Waals surface area contributed by atoms with Crippen molar-refractivity contribution < 1.29 is 0 Å². The van der Waals surface area contributed by atoms with E-state index < -0.39 is 0 Å². The minimum absolute atomic E-state index is 0.0960. The van der Waals surface area contributed by atoms with Crippen LogP contribution in [0, 0.1) is 11.8 Å². The highest BCUT2D eigenvalue weighted by atomic mass is 15.0. The number of hydrogen-bond acceptors (Lipinski definition) is 3. The number of aromatic nitrogens is 2. The lowest BCUT2D eigenvalue weighted by molar-refractivity contribution is 0.513. The van der Waals surface area contributed by atoms with E-state index in [2.05, 4.69) is 9.97 Å². The molecule has 2 unspecified atom stereocenters. The van der Waals surface area contributed by atoms with Gasteiger partial charge in [0.05, 0.1) is 11.2 Å². The van der Waals surface area contributed by atoms with Crippen LogP contribution in [0.4, 0.5) is 0 Å². The number of nitrogens with zero attached hydrogens (tertiary/aromatic N) is 2. The molecule has 3 heteroatoms. The molecule has 2 N–H and O–H groups in total. The fraction of sp³-hybridized carbons (Fsp3) is 0.600. The third-order valence-corrected chi connectivity index (χ3v) is 3.66. The van der Waals surface area contributed by atoms with E-state index in [4.69, 9.17) is 5.73 Å².